The molecule has 13 heavy (non-hydrogen) atoms. The van der Waals surface area contributed by atoms with Gasteiger partial charge in [0, 0.05) is 6.42 Å². The fraction of sp³-hybridized carbons (Fsp3) is 0.800. The second-order valence-electron chi connectivity index (χ2n) is 4.20. The molecule has 0 atom stereocenters. The Morgan fingerprint density at radius 3 is 2.77 bits per heavy atom. The quantitative estimate of drug-likeness (QED) is 0.711. The predicted octanol–water partition coefficient (Wildman–Crippen LogP) is 1.87. The Labute approximate surface area is 79.6 Å². The summed E-state index contributed by atoms with van der Waals surface area (Å²) in [5.74, 6) is 0.967. The van der Waals surface area contributed by atoms with Crippen LogP contribution in [0.15, 0.2) is 4.99 Å². The zero-order valence-electron chi connectivity index (χ0n) is 8.68. The van der Waals surface area contributed by atoms with Crippen LogP contribution in [0.3, 0.4) is 0 Å². The molecular weight excluding hydrogens is 164 g/mol. The number of nitrogens with one attached hydrogen (secondary N) is 1. The fourth-order valence-electron chi connectivity index (χ4n) is 1.49. The largest absolute Gasteiger partial charge is 0.314 e. The maximum Gasteiger partial charge on any atom is 0.227 e. The van der Waals surface area contributed by atoms with Crippen LogP contribution in [0, 0.1) is 0 Å². The van der Waals surface area contributed by atoms with E-state index in [2.05, 4.69) is 17.2 Å². The van der Waals surface area contributed by atoms with E-state index < -0.39 is 0 Å². The van der Waals surface area contributed by atoms with Crippen LogP contribution in [-0.2, 0) is 4.79 Å². The minimum Gasteiger partial charge on any atom is -0.314 e. The van der Waals surface area contributed by atoms with Crippen molar-refractivity contribution in [3.63, 3.8) is 0 Å². The van der Waals surface area contributed by atoms with E-state index in [1.807, 2.05) is 13.8 Å². The maximum atomic E-state index is 11.3. The summed E-state index contributed by atoms with van der Waals surface area (Å²) in [5.41, 5.74) is -0.203. The second-order valence-corrected chi connectivity index (χ2v) is 4.20. The normalized spacial score (nSPS) is 20.8. The van der Waals surface area contributed by atoms with Crippen LogP contribution < -0.4 is 5.32 Å². The van der Waals surface area contributed by atoms with E-state index in [1.54, 1.807) is 0 Å². The Bertz CT molecular complexity index is 231. The summed E-state index contributed by atoms with van der Waals surface area (Å²) in [5, 5.41) is 2.82. The van der Waals surface area contributed by atoms with Crippen LogP contribution in [0.5, 0.6) is 0 Å². The zero-order valence-corrected chi connectivity index (χ0v) is 8.68. The minimum atomic E-state index is -0.203. The molecule has 0 saturated carbocycles. The molecule has 0 aromatic heterocycles. The Balaban J connectivity index is 2.62. The van der Waals surface area contributed by atoms with Crippen molar-refractivity contribution in [2.24, 2.45) is 4.99 Å². The van der Waals surface area contributed by atoms with Crippen molar-refractivity contribution in [1.29, 1.82) is 0 Å². The summed E-state index contributed by atoms with van der Waals surface area (Å²) in [6.45, 7) is 6.13. The molecule has 1 aliphatic rings. The Morgan fingerprint density at radius 1 is 1.54 bits per heavy atom. The lowest BCUT2D eigenvalue weighted by Gasteiger charge is -2.26. The smallest absolute Gasteiger partial charge is 0.227 e. The molecule has 74 valence electrons. The standard InChI is InChI=1S/C10H18N2O/c1-4-5-6-8-11-9(13)7-10(2,3)12-8/h4-7H2,1-3H3,(H,11,12,13). The summed E-state index contributed by atoms with van der Waals surface area (Å²) >= 11 is 0. The van der Waals surface area contributed by atoms with E-state index in [9.17, 15) is 4.79 Å². The molecule has 0 unspecified atom stereocenters. The molecule has 0 spiro atoms. The van der Waals surface area contributed by atoms with Crippen LogP contribution in [-0.4, -0.2) is 17.3 Å². The maximum absolute atomic E-state index is 11.3. The lowest BCUT2D eigenvalue weighted by molar-refractivity contribution is -0.121. The fourth-order valence-corrected chi connectivity index (χ4v) is 1.49. The van der Waals surface area contributed by atoms with Gasteiger partial charge in [-0.2, -0.15) is 0 Å². The molecule has 1 heterocycles. The number of unbranched alkanes of at least 4 members (excludes halogenated alkanes) is 1. The van der Waals surface area contributed by atoms with Gasteiger partial charge in [-0.25, -0.2) is 0 Å². The van der Waals surface area contributed by atoms with E-state index in [1.165, 1.54) is 0 Å². The van der Waals surface area contributed by atoms with Crippen molar-refractivity contribution < 1.29 is 4.79 Å². The van der Waals surface area contributed by atoms with Gasteiger partial charge >= 0.3 is 0 Å². The molecule has 0 aromatic carbocycles. The zero-order chi connectivity index (χ0) is 9.90. The van der Waals surface area contributed by atoms with Gasteiger partial charge in [-0.15, -0.1) is 0 Å². The first-order chi connectivity index (χ1) is 6.03. The molecule has 1 rings (SSSR count). The molecule has 3 nitrogen and oxygen atoms in total. The van der Waals surface area contributed by atoms with Crippen molar-refractivity contribution in [3.8, 4) is 0 Å². The van der Waals surface area contributed by atoms with Gasteiger partial charge in [-0.05, 0) is 20.3 Å². The molecule has 3 heteroatoms. The number of aliphatic imine (C=N–C) groups is 1. The topological polar surface area (TPSA) is 41.5 Å². The van der Waals surface area contributed by atoms with E-state index in [4.69, 9.17) is 0 Å². The highest BCUT2D eigenvalue weighted by Crippen LogP contribution is 2.18. The third kappa shape index (κ3) is 3.17. The van der Waals surface area contributed by atoms with Crippen LogP contribution in [0.1, 0.15) is 46.5 Å². The highest BCUT2D eigenvalue weighted by atomic mass is 16.1. The summed E-state index contributed by atoms with van der Waals surface area (Å²) < 4.78 is 0. The van der Waals surface area contributed by atoms with E-state index >= 15 is 0 Å². The molecule has 1 aliphatic heterocycles. The Kier molecular flexibility index (Phi) is 3.07. The van der Waals surface area contributed by atoms with Crippen molar-refractivity contribution in [3.05, 3.63) is 0 Å². The highest BCUT2D eigenvalue weighted by molar-refractivity contribution is 6.00. The first-order valence-electron chi connectivity index (χ1n) is 4.92. The molecule has 0 aliphatic carbocycles. The Morgan fingerprint density at radius 2 is 2.23 bits per heavy atom. The van der Waals surface area contributed by atoms with Crippen LogP contribution in [0.25, 0.3) is 0 Å². The van der Waals surface area contributed by atoms with E-state index in [0.717, 1.165) is 25.1 Å². The average molecular weight is 182 g/mol. The van der Waals surface area contributed by atoms with Gasteiger partial charge in [0.2, 0.25) is 5.91 Å². The number of carbonyl (C=O) groups excluding carboxylic acids is 1. The summed E-state index contributed by atoms with van der Waals surface area (Å²) in [6.07, 6.45) is 3.62. The minimum absolute atomic E-state index is 0.103. The number of amides is 1. The third-order valence-corrected chi connectivity index (χ3v) is 2.08. The first-order valence-corrected chi connectivity index (χ1v) is 4.92. The monoisotopic (exact) mass is 182 g/mol. The Hall–Kier alpha value is -0.860. The van der Waals surface area contributed by atoms with Gasteiger partial charge in [0.1, 0.15) is 5.84 Å². The van der Waals surface area contributed by atoms with E-state index in [-0.39, 0.29) is 11.4 Å². The molecule has 1 amide bonds. The lowest BCUT2D eigenvalue weighted by atomic mass is 9.99. The second kappa shape index (κ2) is 3.90. The molecular formula is C10H18N2O. The van der Waals surface area contributed by atoms with Crippen LogP contribution in [0.4, 0.5) is 0 Å². The number of amidine groups is 1. The van der Waals surface area contributed by atoms with Crippen molar-refractivity contribution in [2.45, 2.75) is 52.0 Å². The van der Waals surface area contributed by atoms with Crippen molar-refractivity contribution in [2.75, 3.05) is 0 Å². The van der Waals surface area contributed by atoms with Crippen molar-refractivity contribution >= 4 is 11.7 Å². The highest BCUT2D eigenvalue weighted by Gasteiger charge is 2.26. The summed E-state index contributed by atoms with van der Waals surface area (Å²) in [4.78, 5) is 15.7. The molecule has 0 fully saturated rings. The van der Waals surface area contributed by atoms with Crippen LogP contribution >= 0.6 is 0 Å². The van der Waals surface area contributed by atoms with Crippen molar-refractivity contribution in [1.82, 2.24) is 5.32 Å². The molecule has 0 bridgehead atoms. The predicted molar refractivity (Wildman–Crippen MR) is 53.8 cm³/mol. The third-order valence-electron chi connectivity index (χ3n) is 2.08. The first kappa shape index (κ1) is 10.2. The molecule has 1 N–H and O–H groups in total. The average Bonchev–Trinajstić information content (AvgIpc) is 1.97. The molecule has 0 radical (unpaired) electrons. The van der Waals surface area contributed by atoms with E-state index in [0.29, 0.717) is 6.42 Å². The van der Waals surface area contributed by atoms with Gasteiger partial charge in [0.25, 0.3) is 0 Å². The summed E-state index contributed by atoms with van der Waals surface area (Å²) in [7, 11) is 0. The number of hydrogen-bond donors (Lipinski definition) is 1. The lowest BCUT2D eigenvalue weighted by Crippen LogP contribution is -2.42. The van der Waals surface area contributed by atoms with Gasteiger partial charge in [0.15, 0.2) is 0 Å². The molecule has 0 saturated heterocycles. The van der Waals surface area contributed by atoms with Gasteiger partial charge < -0.3 is 5.32 Å². The summed E-state index contributed by atoms with van der Waals surface area (Å²) in [6, 6.07) is 0. The van der Waals surface area contributed by atoms with Gasteiger partial charge in [0.05, 0.1) is 12.0 Å². The number of carbonyl (C=O) groups is 1. The number of hydrogen-bond acceptors (Lipinski definition) is 2. The van der Waals surface area contributed by atoms with Crippen LogP contribution in [0.2, 0.25) is 0 Å². The van der Waals surface area contributed by atoms with Gasteiger partial charge in [-0.3, -0.25) is 9.79 Å². The number of rotatable bonds is 3. The number of nitrogens with zero attached hydrogens (tertiary/aromatic N) is 1. The molecule has 0 aromatic rings. The van der Waals surface area contributed by atoms with Gasteiger partial charge in [-0.1, -0.05) is 13.3 Å². The SMILES string of the molecule is CCCCC1=NC(C)(C)CC(=O)N1.